The van der Waals surface area contributed by atoms with Gasteiger partial charge in [0.25, 0.3) is 0 Å². The largest absolute Gasteiger partial charge is 0.333 e. The lowest BCUT2D eigenvalue weighted by molar-refractivity contribution is -0.142. The fourth-order valence-electron chi connectivity index (χ4n) is 4.83. The number of carbonyl (C=O) groups excluding carboxylic acids is 2. The molecule has 0 saturated heterocycles. The Morgan fingerprint density at radius 1 is 1.03 bits per heavy atom. The van der Waals surface area contributed by atoms with Crippen LogP contribution in [0.5, 0.6) is 0 Å². The fraction of sp³-hybridized carbons (Fsp3) is 0.357. The molecule has 2 unspecified atom stereocenters. The molecule has 0 saturated carbocycles. The van der Waals surface area contributed by atoms with E-state index in [0.29, 0.717) is 19.5 Å². The topological polar surface area (TPSA) is 40.6 Å². The van der Waals surface area contributed by atoms with Crippen LogP contribution in [0.1, 0.15) is 60.2 Å². The Balaban J connectivity index is 1.58. The molecule has 2 heterocycles. The van der Waals surface area contributed by atoms with Gasteiger partial charge in [-0.25, -0.2) is 0 Å². The van der Waals surface area contributed by atoms with Gasteiger partial charge in [0.05, 0.1) is 18.5 Å². The molecule has 0 radical (unpaired) electrons. The van der Waals surface area contributed by atoms with Crippen LogP contribution in [0.3, 0.4) is 0 Å². The fourth-order valence-corrected chi connectivity index (χ4v) is 5.73. The van der Waals surface area contributed by atoms with Crippen molar-refractivity contribution in [3.63, 3.8) is 0 Å². The van der Waals surface area contributed by atoms with E-state index in [9.17, 15) is 9.59 Å². The van der Waals surface area contributed by atoms with Crippen molar-refractivity contribution >= 4 is 23.2 Å². The minimum atomic E-state index is -0.222. The second kappa shape index (κ2) is 10.8. The van der Waals surface area contributed by atoms with Crippen molar-refractivity contribution in [1.82, 2.24) is 9.80 Å². The van der Waals surface area contributed by atoms with Crippen LogP contribution in [0.25, 0.3) is 0 Å². The number of rotatable bonds is 8. The van der Waals surface area contributed by atoms with Crippen molar-refractivity contribution in [2.45, 2.75) is 45.1 Å². The molecule has 4 nitrogen and oxygen atoms in total. The van der Waals surface area contributed by atoms with Gasteiger partial charge in [-0.15, -0.1) is 11.3 Å². The smallest absolute Gasteiger partial charge is 0.242 e. The van der Waals surface area contributed by atoms with E-state index < -0.39 is 0 Å². The van der Waals surface area contributed by atoms with E-state index in [0.717, 1.165) is 24.0 Å². The molecule has 0 bridgehead atoms. The Bertz CT molecular complexity index is 1060. The second-order valence-electron chi connectivity index (χ2n) is 8.58. The summed E-state index contributed by atoms with van der Waals surface area (Å²) in [6.07, 6.45) is 2.40. The zero-order valence-electron chi connectivity index (χ0n) is 19.4. The maximum atomic E-state index is 13.7. The maximum absolute atomic E-state index is 13.7. The molecule has 1 aliphatic rings. The molecule has 0 N–H and O–H groups in total. The van der Waals surface area contributed by atoms with Gasteiger partial charge in [0.2, 0.25) is 11.8 Å². The van der Waals surface area contributed by atoms with Gasteiger partial charge < -0.3 is 9.80 Å². The van der Waals surface area contributed by atoms with Crippen LogP contribution in [0.4, 0.5) is 0 Å². The molecule has 0 aliphatic carbocycles. The van der Waals surface area contributed by atoms with Crippen molar-refractivity contribution in [2.75, 3.05) is 19.6 Å². The molecule has 1 aromatic heterocycles. The molecule has 4 rings (SSSR count). The Morgan fingerprint density at radius 3 is 2.39 bits per heavy atom. The van der Waals surface area contributed by atoms with Crippen LogP contribution >= 0.6 is 11.3 Å². The van der Waals surface area contributed by atoms with E-state index in [4.69, 9.17) is 0 Å². The third kappa shape index (κ3) is 5.03. The molecule has 5 heteroatoms. The first-order chi connectivity index (χ1) is 16.1. The lowest BCUT2D eigenvalue weighted by Crippen LogP contribution is -2.47. The van der Waals surface area contributed by atoms with Gasteiger partial charge in [-0.05, 0) is 47.4 Å². The van der Waals surface area contributed by atoms with Gasteiger partial charge >= 0.3 is 0 Å². The average molecular weight is 461 g/mol. The summed E-state index contributed by atoms with van der Waals surface area (Å²) in [5.41, 5.74) is 3.35. The highest BCUT2D eigenvalue weighted by atomic mass is 32.1. The van der Waals surface area contributed by atoms with Gasteiger partial charge in [-0.1, -0.05) is 74.5 Å². The number of nitrogens with zero attached hydrogens (tertiary/aromatic N) is 2. The summed E-state index contributed by atoms with van der Waals surface area (Å²) in [5.74, 6) is -0.158. The molecule has 33 heavy (non-hydrogen) atoms. The Hall–Kier alpha value is -2.92. The highest BCUT2D eigenvalue weighted by Crippen LogP contribution is 2.37. The number of thiophene rings is 1. The van der Waals surface area contributed by atoms with Crippen LogP contribution in [-0.2, 0) is 16.0 Å². The van der Waals surface area contributed by atoms with Gasteiger partial charge in [-0.3, -0.25) is 9.59 Å². The van der Waals surface area contributed by atoms with Crippen LogP contribution in [0, 0.1) is 0 Å². The normalized spacial score (nSPS) is 16.2. The van der Waals surface area contributed by atoms with Crippen LogP contribution in [0.2, 0.25) is 0 Å². The third-order valence-corrected chi connectivity index (χ3v) is 7.44. The van der Waals surface area contributed by atoms with E-state index in [-0.39, 0.29) is 30.3 Å². The molecule has 2 atom stereocenters. The summed E-state index contributed by atoms with van der Waals surface area (Å²) in [6.45, 7) is 5.48. The minimum absolute atomic E-state index is 0.0189. The lowest BCUT2D eigenvalue weighted by Gasteiger charge is -2.38. The zero-order valence-corrected chi connectivity index (χ0v) is 20.3. The Labute approximate surface area is 200 Å². The third-order valence-electron chi connectivity index (χ3n) is 6.44. The van der Waals surface area contributed by atoms with Crippen molar-refractivity contribution in [3.8, 4) is 0 Å². The number of amides is 2. The molecule has 2 aromatic carbocycles. The summed E-state index contributed by atoms with van der Waals surface area (Å²) in [5, 5.41) is 2.12. The summed E-state index contributed by atoms with van der Waals surface area (Å²) >= 11 is 1.77. The van der Waals surface area contributed by atoms with E-state index in [1.165, 1.54) is 10.4 Å². The highest BCUT2D eigenvalue weighted by molar-refractivity contribution is 7.10. The molecule has 2 amide bonds. The summed E-state index contributed by atoms with van der Waals surface area (Å²) in [7, 11) is 0. The molecule has 0 fully saturated rings. The quantitative estimate of drug-likeness (QED) is 0.436. The lowest BCUT2D eigenvalue weighted by atomic mass is 9.93. The molecular formula is C28H32N2O2S. The molecule has 0 spiro atoms. The standard InChI is InChI=1S/C28H32N2O2S/c1-3-17-29(28(32)23(4-2)21-11-7-5-8-12-21)20-26(31)30-18-15-25-24(16-19-33-25)27(30)22-13-9-6-10-14-22/h5-14,16,19,23,27H,3-4,15,17-18,20H2,1-2H3. The first-order valence-electron chi connectivity index (χ1n) is 11.9. The first kappa shape index (κ1) is 23.2. The van der Waals surface area contributed by atoms with Crippen LogP contribution in [0.15, 0.2) is 72.1 Å². The Morgan fingerprint density at radius 2 is 1.73 bits per heavy atom. The van der Waals surface area contributed by atoms with E-state index in [1.807, 2.05) is 60.4 Å². The molecule has 172 valence electrons. The monoisotopic (exact) mass is 460 g/mol. The van der Waals surface area contributed by atoms with E-state index >= 15 is 0 Å². The Kier molecular flexibility index (Phi) is 7.61. The van der Waals surface area contributed by atoms with E-state index in [2.05, 4.69) is 30.5 Å². The number of carbonyl (C=O) groups is 2. The predicted octanol–water partition coefficient (Wildman–Crippen LogP) is 5.65. The minimum Gasteiger partial charge on any atom is -0.333 e. The van der Waals surface area contributed by atoms with Gasteiger partial charge in [-0.2, -0.15) is 0 Å². The zero-order chi connectivity index (χ0) is 23.2. The van der Waals surface area contributed by atoms with Crippen molar-refractivity contribution in [1.29, 1.82) is 0 Å². The highest BCUT2D eigenvalue weighted by Gasteiger charge is 2.34. The summed E-state index contributed by atoms with van der Waals surface area (Å²) in [4.78, 5) is 32.3. The van der Waals surface area contributed by atoms with Crippen molar-refractivity contribution in [2.24, 2.45) is 0 Å². The van der Waals surface area contributed by atoms with Crippen molar-refractivity contribution in [3.05, 3.63) is 93.7 Å². The van der Waals surface area contributed by atoms with Gasteiger partial charge in [0.1, 0.15) is 0 Å². The molecular weight excluding hydrogens is 428 g/mol. The number of benzene rings is 2. The number of hydrogen-bond acceptors (Lipinski definition) is 3. The maximum Gasteiger partial charge on any atom is 0.242 e. The van der Waals surface area contributed by atoms with Crippen LogP contribution in [-0.4, -0.2) is 41.2 Å². The second-order valence-corrected chi connectivity index (χ2v) is 9.58. The van der Waals surface area contributed by atoms with E-state index in [1.54, 1.807) is 16.2 Å². The SMILES string of the molecule is CCCN(CC(=O)N1CCc2sccc2C1c1ccccc1)C(=O)C(CC)c1ccccc1. The first-order valence-corrected chi connectivity index (χ1v) is 12.8. The van der Waals surface area contributed by atoms with Gasteiger partial charge in [0, 0.05) is 18.0 Å². The summed E-state index contributed by atoms with van der Waals surface area (Å²) in [6, 6.07) is 22.2. The average Bonchev–Trinajstić information content (AvgIpc) is 3.33. The van der Waals surface area contributed by atoms with Crippen molar-refractivity contribution < 1.29 is 9.59 Å². The molecule has 1 aliphatic heterocycles. The van der Waals surface area contributed by atoms with Crippen LogP contribution < -0.4 is 0 Å². The number of fused-ring (bicyclic) bond motifs is 1. The molecule has 3 aromatic rings. The predicted molar refractivity (Wildman–Crippen MR) is 134 cm³/mol. The van der Waals surface area contributed by atoms with Gasteiger partial charge in [0.15, 0.2) is 0 Å². The summed E-state index contributed by atoms with van der Waals surface area (Å²) < 4.78 is 0. The number of hydrogen-bond donors (Lipinski definition) is 0.